The maximum Gasteiger partial charge on any atom is 0.411 e. The molecule has 2 rings (SSSR count). The van der Waals surface area contributed by atoms with Crippen LogP contribution in [0.1, 0.15) is 18.1 Å². The van der Waals surface area contributed by atoms with Gasteiger partial charge in [0.2, 0.25) is 0 Å². The highest BCUT2D eigenvalue weighted by Crippen LogP contribution is 2.24. The Hall–Kier alpha value is -2.54. The number of amides is 1. The molecular weight excluding hydrogens is 328 g/mol. The summed E-state index contributed by atoms with van der Waals surface area (Å²) in [5.74, 6) is 0. The first-order valence-electron chi connectivity index (χ1n) is 7.46. The number of sulfonamides is 1. The van der Waals surface area contributed by atoms with Crippen molar-refractivity contribution in [3.8, 4) is 0 Å². The van der Waals surface area contributed by atoms with Gasteiger partial charge in [0.05, 0.1) is 17.2 Å². The van der Waals surface area contributed by atoms with E-state index in [1.807, 2.05) is 32.0 Å². The molecule has 128 valence electrons. The zero-order valence-electron chi connectivity index (χ0n) is 13.8. The summed E-state index contributed by atoms with van der Waals surface area (Å²) in [6.45, 7) is 5.65. The summed E-state index contributed by atoms with van der Waals surface area (Å²) in [5.41, 5.74) is 2.73. The number of hydrogen-bond donors (Lipinski definition) is 2. The standard InChI is InChI=1S/C17H20N2O4S/c1-4-23-17(20)18-14-8-10-15(11-9-14)24(21,22)19-16-12(2)6-5-7-13(16)3/h5-11,19H,4H2,1-3H3,(H,18,20). The van der Waals surface area contributed by atoms with Gasteiger partial charge in [-0.05, 0) is 56.2 Å². The first-order valence-corrected chi connectivity index (χ1v) is 8.94. The molecule has 0 aliphatic carbocycles. The quantitative estimate of drug-likeness (QED) is 0.863. The molecule has 0 radical (unpaired) electrons. The second-order valence-electron chi connectivity index (χ2n) is 5.24. The second kappa shape index (κ2) is 7.35. The van der Waals surface area contributed by atoms with E-state index in [-0.39, 0.29) is 11.5 Å². The van der Waals surface area contributed by atoms with Crippen molar-refractivity contribution in [3.05, 3.63) is 53.6 Å². The Morgan fingerprint density at radius 1 is 1.04 bits per heavy atom. The maximum absolute atomic E-state index is 12.5. The summed E-state index contributed by atoms with van der Waals surface area (Å²) >= 11 is 0. The van der Waals surface area contributed by atoms with Gasteiger partial charge in [0.15, 0.2) is 0 Å². The predicted octanol–water partition coefficient (Wildman–Crippen LogP) is 3.67. The molecule has 0 bridgehead atoms. The van der Waals surface area contributed by atoms with Crippen molar-refractivity contribution in [1.82, 2.24) is 0 Å². The highest BCUT2D eigenvalue weighted by Gasteiger charge is 2.16. The van der Waals surface area contributed by atoms with Gasteiger partial charge in [-0.15, -0.1) is 0 Å². The van der Waals surface area contributed by atoms with Gasteiger partial charge < -0.3 is 4.74 Å². The number of hydrogen-bond acceptors (Lipinski definition) is 4. The third kappa shape index (κ3) is 4.26. The molecule has 0 saturated carbocycles. The Balaban J connectivity index is 2.19. The third-order valence-electron chi connectivity index (χ3n) is 3.40. The molecule has 6 nitrogen and oxygen atoms in total. The highest BCUT2D eigenvalue weighted by atomic mass is 32.2. The van der Waals surface area contributed by atoms with Crippen molar-refractivity contribution in [1.29, 1.82) is 0 Å². The monoisotopic (exact) mass is 348 g/mol. The average Bonchev–Trinajstić information content (AvgIpc) is 2.52. The van der Waals surface area contributed by atoms with Gasteiger partial charge in [-0.25, -0.2) is 13.2 Å². The van der Waals surface area contributed by atoms with E-state index in [1.54, 1.807) is 6.92 Å². The molecule has 0 aliphatic rings. The molecule has 0 unspecified atom stereocenters. The predicted molar refractivity (Wildman–Crippen MR) is 93.8 cm³/mol. The lowest BCUT2D eigenvalue weighted by Gasteiger charge is -2.13. The van der Waals surface area contributed by atoms with Gasteiger partial charge >= 0.3 is 6.09 Å². The van der Waals surface area contributed by atoms with Crippen molar-refractivity contribution in [3.63, 3.8) is 0 Å². The zero-order chi connectivity index (χ0) is 17.7. The largest absolute Gasteiger partial charge is 0.450 e. The number of benzene rings is 2. The molecular formula is C17H20N2O4S. The summed E-state index contributed by atoms with van der Waals surface area (Å²) in [6, 6.07) is 11.4. The van der Waals surface area contributed by atoms with Crippen LogP contribution in [0.25, 0.3) is 0 Å². The number of para-hydroxylation sites is 1. The molecule has 0 aliphatic heterocycles. The van der Waals surface area contributed by atoms with Crippen molar-refractivity contribution in [2.24, 2.45) is 0 Å². The van der Waals surface area contributed by atoms with E-state index in [1.165, 1.54) is 24.3 Å². The average molecular weight is 348 g/mol. The molecule has 2 aromatic rings. The lowest BCUT2D eigenvalue weighted by atomic mass is 10.1. The zero-order valence-corrected chi connectivity index (χ0v) is 14.6. The highest BCUT2D eigenvalue weighted by molar-refractivity contribution is 7.92. The molecule has 7 heteroatoms. The molecule has 0 fully saturated rings. The first-order chi connectivity index (χ1) is 11.3. The maximum atomic E-state index is 12.5. The molecule has 2 aromatic carbocycles. The Labute approximate surface area is 141 Å². The molecule has 1 amide bonds. The van der Waals surface area contributed by atoms with E-state index in [0.717, 1.165) is 11.1 Å². The second-order valence-corrected chi connectivity index (χ2v) is 6.92. The van der Waals surface area contributed by atoms with Crippen molar-refractivity contribution < 1.29 is 17.9 Å². The molecule has 2 N–H and O–H groups in total. The number of carbonyl (C=O) groups excluding carboxylic acids is 1. The number of aryl methyl sites for hydroxylation is 2. The summed E-state index contributed by atoms with van der Waals surface area (Å²) < 4.78 is 32.4. The van der Waals surface area contributed by atoms with Gasteiger partial charge in [-0.1, -0.05) is 18.2 Å². The van der Waals surface area contributed by atoms with Crippen LogP contribution in [0.15, 0.2) is 47.4 Å². The van der Waals surface area contributed by atoms with Gasteiger partial charge in [-0.2, -0.15) is 0 Å². The number of rotatable bonds is 5. The smallest absolute Gasteiger partial charge is 0.411 e. The summed E-state index contributed by atoms with van der Waals surface area (Å²) in [5, 5.41) is 2.51. The fourth-order valence-corrected chi connectivity index (χ4v) is 3.37. The third-order valence-corrected chi connectivity index (χ3v) is 4.77. The van der Waals surface area contributed by atoms with Crippen LogP contribution in [-0.2, 0) is 14.8 Å². The van der Waals surface area contributed by atoms with E-state index in [9.17, 15) is 13.2 Å². The van der Waals surface area contributed by atoms with Gasteiger partial charge in [0.25, 0.3) is 10.0 Å². The number of carbonyl (C=O) groups is 1. The minimum Gasteiger partial charge on any atom is -0.450 e. The Morgan fingerprint density at radius 3 is 2.17 bits per heavy atom. The van der Waals surface area contributed by atoms with E-state index < -0.39 is 16.1 Å². The van der Waals surface area contributed by atoms with Crippen LogP contribution in [0.5, 0.6) is 0 Å². The summed E-state index contributed by atoms with van der Waals surface area (Å²) in [7, 11) is -3.71. The van der Waals surface area contributed by atoms with Crippen LogP contribution in [0.4, 0.5) is 16.2 Å². The van der Waals surface area contributed by atoms with Crippen molar-refractivity contribution in [2.45, 2.75) is 25.7 Å². The van der Waals surface area contributed by atoms with Gasteiger partial charge in [0, 0.05) is 5.69 Å². The fourth-order valence-electron chi connectivity index (χ4n) is 2.17. The minimum atomic E-state index is -3.71. The normalized spacial score (nSPS) is 11.0. The minimum absolute atomic E-state index is 0.111. The Bertz CT molecular complexity index is 810. The Morgan fingerprint density at radius 2 is 1.62 bits per heavy atom. The van der Waals surface area contributed by atoms with Crippen LogP contribution in [0.2, 0.25) is 0 Å². The van der Waals surface area contributed by atoms with Crippen LogP contribution >= 0.6 is 0 Å². The van der Waals surface area contributed by atoms with E-state index in [2.05, 4.69) is 10.0 Å². The SMILES string of the molecule is CCOC(=O)Nc1ccc(S(=O)(=O)Nc2c(C)cccc2C)cc1. The molecule has 0 aromatic heterocycles. The Kier molecular flexibility index (Phi) is 5.46. The first kappa shape index (κ1) is 17.8. The molecule has 0 saturated heterocycles. The molecule has 0 heterocycles. The van der Waals surface area contributed by atoms with Crippen LogP contribution in [-0.4, -0.2) is 21.1 Å². The molecule has 0 atom stereocenters. The van der Waals surface area contributed by atoms with Gasteiger partial charge in [-0.3, -0.25) is 10.0 Å². The summed E-state index contributed by atoms with van der Waals surface area (Å²) in [4.78, 5) is 11.5. The van der Waals surface area contributed by atoms with Crippen LogP contribution in [0, 0.1) is 13.8 Å². The van der Waals surface area contributed by atoms with E-state index in [0.29, 0.717) is 11.4 Å². The van der Waals surface area contributed by atoms with E-state index in [4.69, 9.17) is 4.74 Å². The lowest BCUT2D eigenvalue weighted by Crippen LogP contribution is -2.15. The van der Waals surface area contributed by atoms with E-state index >= 15 is 0 Å². The van der Waals surface area contributed by atoms with Crippen LogP contribution in [0.3, 0.4) is 0 Å². The topological polar surface area (TPSA) is 84.5 Å². The van der Waals surface area contributed by atoms with Crippen molar-refractivity contribution in [2.75, 3.05) is 16.6 Å². The number of nitrogens with one attached hydrogen (secondary N) is 2. The van der Waals surface area contributed by atoms with Gasteiger partial charge in [0.1, 0.15) is 0 Å². The van der Waals surface area contributed by atoms with Crippen LogP contribution < -0.4 is 10.0 Å². The van der Waals surface area contributed by atoms with Crippen molar-refractivity contribution >= 4 is 27.5 Å². The molecule has 0 spiro atoms. The summed E-state index contributed by atoms with van der Waals surface area (Å²) in [6.07, 6.45) is -0.582. The lowest BCUT2D eigenvalue weighted by molar-refractivity contribution is 0.168. The number of ether oxygens (including phenoxy) is 1. The fraction of sp³-hybridized carbons (Fsp3) is 0.235. The number of anilines is 2. The molecule has 24 heavy (non-hydrogen) atoms.